The minimum Gasteiger partial charge on any atom is -0.208 e. The Morgan fingerprint density at radius 1 is 0.207 bits per heavy atom. The third-order valence-corrected chi connectivity index (χ3v) is 11.3. The van der Waals surface area contributed by atoms with Gasteiger partial charge in [0.1, 0.15) is 0 Å². The number of nitrogens with zero attached hydrogens (tertiary/aromatic N) is 3. The van der Waals surface area contributed by atoms with Crippen molar-refractivity contribution in [1.29, 1.82) is 0 Å². The Kier molecular flexibility index (Phi) is 8.15. The minimum absolute atomic E-state index is 0.630. The average molecular weight is 738 g/mol. The van der Waals surface area contributed by atoms with Gasteiger partial charge in [-0.25, -0.2) is 15.0 Å². The Bertz CT molecular complexity index is 3330. The minimum atomic E-state index is 0.630. The van der Waals surface area contributed by atoms with E-state index in [0.29, 0.717) is 17.5 Å². The smallest absolute Gasteiger partial charge is 0.164 e. The lowest BCUT2D eigenvalue weighted by Gasteiger charge is -2.14. The van der Waals surface area contributed by atoms with Gasteiger partial charge < -0.3 is 0 Å². The van der Waals surface area contributed by atoms with E-state index in [9.17, 15) is 0 Å². The molecule has 0 bridgehead atoms. The lowest BCUT2D eigenvalue weighted by molar-refractivity contribution is 1.08. The van der Waals surface area contributed by atoms with Crippen molar-refractivity contribution in [3.05, 3.63) is 212 Å². The third-order valence-electron chi connectivity index (χ3n) is 11.3. The largest absolute Gasteiger partial charge is 0.208 e. The van der Waals surface area contributed by atoms with Crippen LogP contribution < -0.4 is 0 Å². The molecule has 1 heterocycles. The standard InChI is InChI=1S/C55H35N3/c1-3-14-36(15-4-1)44-34-41-19-8-10-22-48(41)52(35-44)55-57-53(56-54(58-55)51-27-13-25-49-46(24-12-26-50(49)51)37-16-5-2-6-17-37)43-31-29-39-32-42(30-28-40(39)33-43)47-23-11-20-38-18-7-9-21-45(38)47/h1-35H. The van der Waals surface area contributed by atoms with Gasteiger partial charge in [0.2, 0.25) is 0 Å². The molecule has 0 spiro atoms. The zero-order chi connectivity index (χ0) is 38.4. The molecular weight excluding hydrogens is 703 g/mol. The fraction of sp³-hybridized carbons (Fsp3) is 0. The van der Waals surface area contributed by atoms with Crippen LogP contribution in [0.25, 0.3) is 111 Å². The summed E-state index contributed by atoms with van der Waals surface area (Å²) < 4.78 is 0. The summed E-state index contributed by atoms with van der Waals surface area (Å²) in [6, 6.07) is 75.4. The molecule has 0 saturated heterocycles. The summed E-state index contributed by atoms with van der Waals surface area (Å²) >= 11 is 0. The lowest BCUT2D eigenvalue weighted by atomic mass is 9.95. The van der Waals surface area contributed by atoms with Crippen molar-refractivity contribution in [2.75, 3.05) is 0 Å². The Balaban J connectivity index is 1.12. The molecule has 11 rings (SSSR count). The molecule has 0 N–H and O–H groups in total. The summed E-state index contributed by atoms with van der Waals surface area (Å²) in [5.41, 5.74) is 9.89. The van der Waals surface area contributed by atoms with Crippen LogP contribution in [0.3, 0.4) is 0 Å². The molecule has 0 atom stereocenters. The van der Waals surface area contributed by atoms with Gasteiger partial charge in [0.25, 0.3) is 0 Å². The molecule has 58 heavy (non-hydrogen) atoms. The van der Waals surface area contributed by atoms with Gasteiger partial charge in [-0.3, -0.25) is 0 Å². The van der Waals surface area contributed by atoms with Crippen molar-refractivity contribution in [3.8, 4) is 67.5 Å². The highest BCUT2D eigenvalue weighted by Crippen LogP contribution is 2.38. The van der Waals surface area contributed by atoms with Crippen molar-refractivity contribution in [2.45, 2.75) is 0 Å². The zero-order valence-corrected chi connectivity index (χ0v) is 31.5. The SMILES string of the molecule is c1ccc(-c2cc(-c3nc(-c4ccc5cc(-c6cccc7ccccc67)ccc5c4)nc(-c4cccc5c(-c6ccccc6)cccc45)n3)c3ccccc3c2)cc1. The summed E-state index contributed by atoms with van der Waals surface area (Å²) in [6.45, 7) is 0. The maximum atomic E-state index is 5.35. The van der Waals surface area contributed by atoms with Gasteiger partial charge in [-0.05, 0) is 101 Å². The summed E-state index contributed by atoms with van der Waals surface area (Å²) in [4.78, 5) is 16.0. The fourth-order valence-electron chi connectivity index (χ4n) is 8.44. The second-order valence-corrected chi connectivity index (χ2v) is 14.8. The zero-order valence-electron chi connectivity index (χ0n) is 31.5. The van der Waals surface area contributed by atoms with Crippen LogP contribution in [0, 0.1) is 0 Å². The van der Waals surface area contributed by atoms with Crippen LogP contribution in [0.5, 0.6) is 0 Å². The Morgan fingerprint density at radius 2 is 0.672 bits per heavy atom. The summed E-state index contributed by atoms with van der Waals surface area (Å²) in [6.07, 6.45) is 0. The molecule has 1 aromatic heterocycles. The van der Waals surface area contributed by atoms with Crippen LogP contribution in [0.4, 0.5) is 0 Å². The van der Waals surface area contributed by atoms with Crippen LogP contribution >= 0.6 is 0 Å². The first-order valence-electron chi connectivity index (χ1n) is 19.7. The average Bonchev–Trinajstić information content (AvgIpc) is 3.30. The van der Waals surface area contributed by atoms with E-state index in [1.165, 1.54) is 33.0 Å². The van der Waals surface area contributed by atoms with Crippen LogP contribution in [-0.4, -0.2) is 15.0 Å². The predicted octanol–water partition coefficient (Wildman–Crippen LogP) is 14.5. The van der Waals surface area contributed by atoms with Gasteiger partial charge in [0.05, 0.1) is 0 Å². The highest BCUT2D eigenvalue weighted by atomic mass is 15.0. The van der Waals surface area contributed by atoms with Crippen molar-refractivity contribution >= 4 is 43.1 Å². The van der Waals surface area contributed by atoms with Crippen LogP contribution in [0.2, 0.25) is 0 Å². The van der Waals surface area contributed by atoms with E-state index >= 15 is 0 Å². The molecule has 0 saturated carbocycles. The lowest BCUT2D eigenvalue weighted by Crippen LogP contribution is -2.01. The molecule has 0 unspecified atom stereocenters. The van der Waals surface area contributed by atoms with Crippen molar-refractivity contribution < 1.29 is 0 Å². The molecule has 10 aromatic carbocycles. The molecule has 3 heteroatoms. The number of fused-ring (bicyclic) bond motifs is 4. The maximum absolute atomic E-state index is 5.35. The third kappa shape index (κ3) is 5.98. The summed E-state index contributed by atoms with van der Waals surface area (Å²) in [5, 5.41) is 9.24. The number of aromatic nitrogens is 3. The van der Waals surface area contributed by atoms with Gasteiger partial charge in [0, 0.05) is 16.7 Å². The molecule has 0 aliphatic carbocycles. The predicted molar refractivity (Wildman–Crippen MR) is 242 cm³/mol. The van der Waals surface area contributed by atoms with Crippen LogP contribution in [-0.2, 0) is 0 Å². The molecule has 0 aliphatic rings. The quantitative estimate of drug-likeness (QED) is 0.171. The topological polar surface area (TPSA) is 38.7 Å². The second kappa shape index (κ2) is 14.1. The van der Waals surface area contributed by atoms with Crippen molar-refractivity contribution in [3.63, 3.8) is 0 Å². The van der Waals surface area contributed by atoms with Gasteiger partial charge in [0.15, 0.2) is 17.5 Å². The normalized spacial score (nSPS) is 11.4. The molecule has 0 fully saturated rings. The molecule has 11 aromatic rings. The molecule has 0 amide bonds. The first-order valence-corrected chi connectivity index (χ1v) is 19.7. The Morgan fingerprint density at radius 3 is 1.41 bits per heavy atom. The van der Waals surface area contributed by atoms with E-state index in [2.05, 4.69) is 212 Å². The Hall–Kier alpha value is -7.75. The molecule has 3 nitrogen and oxygen atoms in total. The van der Waals surface area contributed by atoms with Crippen molar-refractivity contribution in [1.82, 2.24) is 15.0 Å². The summed E-state index contributed by atoms with van der Waals surface area (Å²) in [5.74, 6) is 1.90. The van der Waals surface area contributed by atoms with Crippen LogP contribution in [0.15, 0.2) is 212 Å². The number of hydrogen-bond acceptors (Lipinski definition) is 3. The molecule has 0 radical (unpaired) electrons. The van der Waals surface area contributed by atoms with E-state index < -0.39 is 0 Å². The van der Waals surface area contributed by atoms with Gasteiger partial charge in [-0.2, -0.15) is 0 Å². The van der Waals surface area contributed by atoms with E-state index in [-0.39, 0.29) is 0 Å². The first-order chi connectivity index (χ1) is 28.7. The van der Waals surface area contributed by atoms with E-state index in [0.717, 1.165) is 60.1 Å². The fourth-order valence-corrected chi connectivity index (χ4v) is 8.44. The molecular formula is C55H35N3. The van der Waals surface area contributed by atoms with Crippen molar-refractivity contribution in [2.24, 2.45) is 0 Å². The second-order valence-electron chi connectivity index (χ2n) is 14.8. The molecule has 270 valence electrons. The number of rotatable bonds is 6. The highest BCUT2D eigenvalue weighted by molar-refractivity contribution is 6.05. The number of hydrogen-bond donors (Lipinski definition) is 0. The number of benzene rings is 10. The highest BCUT2D eigenvalue weighted by Gasteiger charge is 2.18. The van der Waals surface area contributed by atoms with Gasteiger partial charge in [-0.1, -0.05) is 188 Å². The molecule has 0 aliphatic heterocycles. The first kappa shape index (κ1) is 33.6. The summed E-state index contributed by atoms with van der Waals surface area (Å²) in [7, 11) is 0. The van der Waals surface area contributed by atoms with E-state index in [1.54, 1.807) is 0 Å². The van der Waals surface area contributed by atoms with Crippen LogP contribution in [0.1, 0.15) is 0 Å². The van der Waals surface area contributed by atoms with E-state index in [4.69, 9.17) is 15.0 Å². The van der Waals surface area contributed by atoms with Gasteiger partial charge >= 0.3 is 0 Å². The maximum Gasteiger partial charge on any atom is 0.164 e. The van der Waals surface area contributed by atoms with Gasteiger partial charge in [-0.15, -0.1) is 0 Å². The Labute approximate surface area is 336 Å². The monoisotopic (exact) mass is 737 g/mol. The van der Waals surface area contributed by atoms with E-state index in [1.807, 2.05) is 0 Å².